The largest absolute Gasteiger partial charge is 0.325 e. The van der Waals surface area contributed by atoms with Gasteiger partial charge in [0.05, 0.1) is 5.33 Å². The summed E-state index contributed by atoms with van der Waals surface area (Å²) in [5, 5.41) is 3.14. The van der Waals surface area contributed by atoms with Gasteiger partial charge in [-0.25, -0.2) is 0 Å². The molecule has 1 aromatic rings. The fraction of sp³-hybridized carbons (Fsp3) is 0.462. The van der Waals surface area contributed by atoms with Crippen molar-refractivity contribution in [2.24, 2.45) is 0 Å². The smallest absolute Gasteiger partial charge is 0.235 e. The van der Waals surface area contributed by atoms with Gasteiger partial charge in [0.15, 0.2) is 0 Å². The summed E-state index contributed by atoms with van der Waals surface area (Å²) in [6.45, 7) is 2.21. The highest BCUT2D eigenvalue weighted by Crippen LogP contribution is 2.12. The molecule has 0 spiro atoms. The standard InChI is InChI=1S/C13H18BrNO/c1-2-3-4-5-11-6-8-12(9-7-11)15-13(16)10-14/h6-9H,2-5,10H2,1H3,(H,15,16). The van der Waals surface area contributed by atoms with Crippen LogP contribution in [-0.2, 0) is 11.2 Å². The fourth-order valence-electron chi connectivity index (χ4n) is 1.53. The average Bonchev–Trinajstić information content (AvgIpc) is 2.31. The van der Waals surface area contributed by atoms with E-state index in [0.717, 1.165) is 12.1 Å². The Labute approximate surface area is 106 Å². The molecule has 0 heterocycles. The molecule has 0 bridgehead atoms. The maximum absolute atomic E-state index is 11.1. The van der Waals surface area contributed by atoms with Crippen LogP contribution in [0.3, 0.4) is 0 Å². The average molecular weight is 284 g/mol. The number of nitrogens with one attached hydrogen (secondary N) is 1. The molecule has 0 aliphatic heterocycles. The molecule has 0 aliphatic carbocycles. The lowest BCUT2D eigenvalue weighted by atomic mass is 10.1. The molecule has 1 rings (SSSR count). The van der Waals surface area contributed by atoms with Gasteiger partial charge in [-0.05, 0) is 30.5 Å². The number of hydrogen-bond donors (Lipinski definition) is 1. The molecular weight excluding hydrogens is 266 g/mol. The number of benzene rings is 1. The second kappa shape index (κ2) is 7.44. The van der Waals surface area contributed by atoms with E-state index in [1.165, 1.54) is 24.8 Å². The molecule has 1 aromatic carbocycles. The van der Waals surface area contributed by atoms with Crippen LogP contribution in [0.15, 0.2) is 24.3 Å². The molecule has 0 atom stereocenters. The summed E-state index contributed by atoms with van der Waals surface area (Å²) >= 11 is 3.12. The Morgan fingerprint density at radius 2 is 1.94 bits per heavy atom. The van der Waals surface area contributed by atoms with E-state index in [-0.39, 0.29) is 5.91 Å². The summed E-state index contributed by atoms with van der Waals surface area (Å²) in [7, 11) is 0. The zero-order valence-electron chi connectivity index (χ0n) is 9.63. The number of amides is 1. The predicted octanol–water partition coefficient (Wildman–Crippen LogP) is 3.75. The van der Waals surface area contributed by atoms with Crippen LogP contribution in [0, 0.1) is 0 Å². The summed E-state index contributed by atoms with van der Waals surface area (Å²) in [6.07, 6.45) is 4.89. The van der Waals surface area contributed by atoms with Gasteiger partial charge >= 0.3 is 0 Å². The van der Waals surface area contributed by atoms with Crippen molar-refractivity contribution in [1.82, 2.24) is 0 Å². The summed E-state index contributed by atoms with van der Waals surface area (Å²) in [5.74, 6) is -0.0151. The van der Waals surface area contributed by atoms with Gasteiger partial charge in [-0.15, -0.1) is 0 Å². The Bertz CT molecular complexity index is 321. The number of anilines is 1. The second-order valence-electron chi connectivity index (χ2n) is 3.84. The first-order valence-corrected chi connectivity index (χ1v) is 6.83. The van der Waals surface area contributed by atoms with E-state index in [4.69, 9.17) is 0 Å². The van der Waals surface area contributed by atoms with E-state index in [1.54, 1.807) is 0 Å². The molecule has 0 saturated heterocycles. The second-order valence-corrected chi connectivity index (χ2v) is 4.40. The van der Waals surface area contributed by atoms with E-state index < -0.39 is 0 Å². The number of unbranched alkanes of at least 4 members (excludes halogenated alkanes) is 2. The van der Waals surface area contributed by atoms with E-state index in [2.05, 4.69) is 40.3 Å². The fourth-order valence-corrected chi connectivity index (χ4v) is 1.67. The minimum atomic E-state index is -0.0151. The molecule has 0 radical (unpaired) electrons. The van der Waals surface area contributed by atoms with Crippen LogP contribution in [-0.4, -0.2) is 11.2 Å². The third kappa shape index (κ3) is 4.79. The predicted molar refractivity (Wildman–Crippen MR) is 72.1 cm³/mol. The third-order valence-corrected chi connectivity index (χ3v) is 2.94. The zero-order chi connectivity index (χ0) is 11.8. The third-order valence-electron chi connectivity index (χ3n) is 2.43. The lowest BCUT2D eigenvalue weighted by Crippen LogP contribution is -2.12. The van der Waals surface area contributed by atoms with E-state index in [0.29, 0.717) is 5.33 Å². The lowest BCUT2D eigenvalue weighted by molar-refractivity contribution is -0.113. The number of hydrogen-bond acceptors (Lipinski definition) is 1. The number of rotatable bonds is 6. The Hall–Kier alpha value is -0.830. The van der Waals surface area contributed by atoms with Crippen molar-refractivity contribution >= 4 is 27.5 Å². The van der Waals surface area contributed by atoms with Crippen molar-refractivity contribution in [3.8, 4) is 0 Å². The maximum Gasteiger partial charge on any atom is 0.235 e. The maximum atomic E-state index is 11.1. The summed E-state index contributed by atoms with van der Waals surface area (Å²) in [6, 6.07) is 8.09. The van der Waals surface area contributed by atoms with Crippen LogP contribution in [0.4, 0.5) is 5.69 Å². The van der Waals surface area contributed by atoms with Crippen LogP contribution < -0.4 is 5.32 Å². The van der Waals surface area contributed by atoms with Gasteiger partial charge in [-0.2, -0.15) is 0 Å². The van der Waals surface area contributed by atoms with Gasteiger partial charge in [0, 0.05) is 5.69 Å². The monoisotopic (exact) mass is 283 g/mol. The highest BCUT2D eigenvalue weighted by Gasteiger charge is 1.99. The molecule has 1 amide bonds. The number of carbonyl (C=O) groups is 1. The zero-order valence-corrected chi connectivity index (χ0v) is 11.2. The first kappa shape index (κ1) is 13.2. The SMILES string of the molecule is CCCCCc1ccc(NC(=O)CBr)cc1. The van der Waals surface area contributed by atoms with Crippen molar-refractivity contribution in [2.45, 2.75) is 32.6 Å². The van der Waals surface area contributed by atoms with E-state index in [1.807, 2.05) is 12.1 Å². The Morgan fingerprint density at radius 1 is 1.25 bits per heavy atom. The molecule has 0 aliphatic rings. The highest BCUT2D eigenvalue weighted by molar-refractivity contribution is 9.09. The van der Waals surface area contributed by atoms with Gasteiger partial charge in [-0.3, -0.25) is 4.79 Å². The van der Waals surface area contributed by atoms with Crippen LogP contribution >= 0.6 is 15.9 Å². The number of alkyl halides is 1. The minimum Gasteiger partial charge on any atom is -0.325 e. The van der Waals surface area contributed by atoms with Gasteiger partial charge in [0.2, 0.25) is 5.91 Å². The van der Waals surface area contributed by atoms with Crippen LogP contribution in [0.5, 0.6) is 0 Å². The molecule has 0 aromatic heterocycles. The van der Waals surface area contributed by atoms with Gasteiger partial charge in [0.1, 0.15) is 0 Å². The first-order valence-electron chi connectivity index (χ1n) is 5.71. The van der Waals surface area contributed by atoms with Crippen molar-refractivity contribution in [3.05, 3.63) is 29.8 Å². The van der Waals surface area contributed by atoms with Crippen LogP contribution in [0.1, 0.15) is 31.7 Å². The molecule has 0 saturated carbocycles. The molecule has 3 heteroatoms. The topological polar surface area (TPSA) is 29.1 Å². The molecule has 0 fully saturated rings. The Balaban J connectivity index is 2.44. The summed E-state index contributed by atoms with van der Waals surface area (Å²) in [4.78, 5) is 11.1. The van der Waals surface area contributed by atoms with Crippen molar-refractivity contribution < 1.29 is 4.79 Å². The molecule has 0 unspecified atom stereocenters. The van der Waals surface area contributed by atoms with Crippen molar-refractivity contribution in [1.29, 1.82) is 0 Å². The van der Waals surface area contributed by atoms with E-state index in [9.17, 15) is 4.79 Å². The number of carbonyl (C=O) groups excluding carboxylic acids is 1. The molecular formula is C13H18BrNO. The normalized spacial score (nSPS) is 10.1. The first-order chi connectivity index (χ1) is 7.76. The quantitative estimate of drug-likeness (QED) is 0.625. The van der Waals surface area contributed by atoms with Gasteiger partial charge in [-0.1, -0.05) is 47.8 Å². The molecule has 2 nitrogen and oxygen atoms in total. The minimum absolute atomic E-state index is 0.0151. The van der Waals surface area contributed by atoms with Crippen molar-refractivity contribution in [3.63, 3.8) is 0 Å². The van der Waals surface area contributed by atoms with Crippen LogP contribution in [0.2, 0.25) is 0 Å². The molecule has 16 heavy (non-hydrogen) atoms. The van der Waals surface area contributed by atoms with Gasteiger partial charge in [0.25, 0.3) is 0 Å². The molecule has 88 valence electrons. The highest BCUT2D eigenvalue weighted by atomic mass is 79.9. The number of halogens is 1. The molecule has 1 N–H and O–H groups in total. The number of aryl methyl sites for hydroxylation is 1. The lowest BCUT2D eigenvalue weighted by Gasteiger charge is -2.05. The van der Waals surface area contributed by atoms with Gasteiger partial charge < -0.3 is 5.32 Å². The Kier molecular flexibility index (Phi) is 6.16. The summed E-state index contributed by atoms with van der Waals surface area (Å²) in [5.41, 5.74) is 2.20. The van der Waals surface area contributed by atoms with Crippen molar-refractivity contribution in [2.75, 3.05) is 10.6 Å². The Morgan fingerprint density at radius 3 is 2.50 bits per heavy atom. The van der Waals surface area contributed by atoms with Crippen LogP contribution in [0.25, 0.3) is 0 Å². The van der Waals surface area contributed by atoms with E-state index >= 15 is 0 Å². The summed E-state index contributed by atoms with van der Waals surface area (Å²) < 4.78 is 0.